The summed E-state index contributed by atoms with van der Waals surface area (Å²) < 4.78 is 53.1. The van der Waals surface area contributed by atoms with E-state index < -0.39 is 86.6 Å². The van der Waals surface area contributed by atoms with Gasteiger partial charge >= 0.3 is 12.2 Å². The van der Waals surface area contributed by atoms with Crippen LogP contribution in [0.15, 0.2) is 43.5 Å². The molecule has 1 aromatic rings. The lowest BCUT2D eigenvalue weighted by atomic mass is 10.1. The number of carbonyl (C=O) groups excluding carboxylic acids is 6. The van der Waals surface area contributed by atoms with Gasteiger partial charge in [-0.1, -0.05) is 24.8 Å². The van der Waals surface area contributed by atoms with Gasteiger partial charge in [-0.2, -0.15) is 0 Å². The van der Waals surface area contributed by atoms with Crippen LogP contribution < -0.4 is 15.4 Å². The van der Waals surface area contributed by atoms with Gasteiger partial charge in [-0.05, 0) is 62.7 Å². The summed E-state index contributed by atoms with van der Waals surface area (Å²) in [5.74, 6) is -4.24. The molecule has 1 aromatic carbocycles. The van der Waals surface area contributed by atoms with Gasteiger partial charge in [0.2, 0.25) is 27.7 Å². The highest BCUT2D eigenvalue weighted by Crippen LogP contribution is 2.45. The zero-order valence-electron chi connectivity index (χ0n) is 30.0. The Balaban J connectivity index is 1.23. The van der Waals surface area contributed by atoms with Gasteiger partial charge in [0.05, 0.1) is 24.9 Å². The van der Waals surface area contributed by atoms with Gasteiger partial charge in [0.15, 0.2) is 0 Å². The molecule has 0 bridgehead atoms. The number of benzene rings is 1. The summed E-state index contributed by atoms with van der Waals surface area (Å²) in [6.45, 7) is 6.53. The molecule has 4 fully saturated rings. The smallest absolute Gasteiger partial charge is 0.410 e. The molecular formula is C36H45FN6O10S. The molecule has 2 aliphatic heterocycles. The third-order valence-electron chi connectivity index (χ3n) is 10.7. The molecule has 5 atom stereocenters. The molecule has 18 heteroatoms. The van der Waals surface area contributed by atoms with Crippen LogP contribution in [-0.4, -0.2) is 114 Å². The maximum atomic E-state index is 14.4. The third kappa shape index (κ3) is 8.22. The molecule has 0 radical (unpaired) electrons. The topological polar surface area (TPSA) is 201 Å². The molecule has 1 saturated heterocycles. The Morgan fingerprint density at radius 1 is 1.06 bits per heavy atom. The summed E-state index contributed by atoms with van der Waals surface area (Å²) in [6.07, 6.45) is 2.98. The van der Waals surface area contributed by atoms with E-state index in [9.17, 15) is 41.6 Å². The predicted octanol–water partition coefficient (Wildman–Crippen LogP) is 1.60. The van der Waals surface area contributed by atoms with Gasteiger partial charge in [0, 0.05) is 31.5 Å². The average Bonchev–Trinajstić information content (AvgIpc) is 3.93. The van der Waals surface area contributed by atoms with Crippen LogP contribution in [-0.2, 0) is 51.8 Å². The van der Waals surface area contributed by atoms with Crippen LogP contribution in [0.25, 0.3) is 0 Å². The molecule has 54 heavy (non-hydrogen) atoms. The van der Waals surface area contributed by atoms with Crippen LogP contribution in [0.1, 0.15) is 62.5 Å². The summed E-state index contributed by atoms with van der Waals surface area (Å²) in [7, 11) is -2.58. The maximum absolute atomic E-state index is 14.4. The number of hydrogen-bond acceptors (Lipinski definition) is 10. The molecule has 0 spiro atoms. The van der Waals surface area contributed by atoms with Gasteiger partial charge in [-0.15, -0.1) is 6.58 Å². The first-order valence-electron chi connectivity index (χ1n) is 18.0. The molecule has 3 N–H and O–H groups in total. The standard InChI is InChI=1S/C36H45FN6O10S/c1-4-22-16-36(22,33(47)40-54(50,51)25-13-14-25)39-31(45)29-15-24(53-35(49)42-17-21-9-8-12-27(37)26(21)19-42)18-43(29)32(46)28(20-41(3)30(44)5-2)38-34(48)52-23-10-6-7-11-23/h4-5,8-9,12,22-25,28-29H,1-2,6-7,10-11,13-20H2,3H3,(H,38,48)(H,39,45)(H,40,47)/t22-,24?,28+,29+,36-/m1/s1. The minimum absolute atomic E-state index is 0.0467. The number of carbonyl (C=O) groups is 6. The zero-order chi connectivity index (χ0) is 38.9. The van der Waals surface area contributed by atoms with E-state index >= 15 is 0 Å². The summed E-state index contributed by atoms with van der Waals surface area (Å²) in [5.41, 5.74) is -0.716. The summed E-state index contributed by atoms with van der Waals surface area (Å²) >= 11 is 0. The zero-order valence-corrected chi connectivity index (χ0v) is 30.8. The van der Waals surface area contributed by atoms with Crippen molar-refractivity contribution in [3.8, 4) is 0 Å². The first-order valence-corrected chi connectivity index (χ1v) is 19.6. The van der Waals surface area contributed by atoms with Crippen molar-refractivity contribution in [3.63, 3.8) is 0 Å². The van der Waals surface area contributed by atoms with Gasteiger partial charge < -0.3 is 29.9 Å². The number of sulfonamides is 1. The average molecular weight is 773 g/mol. The molecular weight excluding hydrogens is 727 g/mol. The van der Waals surface area contributed by atoms with Gasteiger partial charge in [-0.3, -0.25) is 28.8 Å². The molecule has 5 aliphatic rings. The lowest BCUT2D eigenvalue weighted by molar-refractivity contribution is -0.141. The molecule has 1 unspecified atom stereocenters. The van der Waals surface area contributed by atoms with Crippen molar-refractivity contribution in [2.24, 2.45) is 5.92 Å². The fraction of sp³-hybridized carbons (Fsp3) is 0.556. The molecule has 3 aliphatic carbocycles. The maximum Gasteiger partial charge on any atom is 0.410 e. The van der Waals surface area contributed by atoms with E-state index in [1.807, 2.05) is 0 Å². The number of hydrogen-bond donors (Lipinski definition) is 3. The second-order valence-electron chi connectivity index (χ2n) is 14.6. The highest BCUT2D eigenvalue weighted by atomic mass is 32.2. The Kier molecular flexibility index (Phi) is 11.0. The number of likely N-dealkylation sites (tertiary alicyclic amines) is 1. The molecule has 6 rings (SSSR count). The van der Waals surface area contributed by atoms with E-state index in [1.54, 1.807) is 6.07 Å². The van der Waals surface area contributed by atoms with Crippen LogP contribution in [0, 0.1) is 11.7 Å². The monoisotopic (exact) mass is 772 g/mol. The Labute approximate surface area is 312 Å². The number of alkyl carbamates (subject to hydrolysis) is 1. The number of halogens is 1. The number of nitrogens with zero attached hydrogens (tertiary/aromatic N) is 3. The molecule has 3 saturated carbocycles. The third-order valence-corrected chi connectivity index (χ3v) is 12.5. The number of nitrogens with one attached hydrogen (secondary N) is 3. The van der Waals surface area contributed by atoms with E-state index in [4.69, 9.17) is 9.47 Å². The van der Waals surface area contributed by atoms with Crippen molar-refractivity contribution in [1.82, 2.24) is 30.1 Å². The second kappa shape index (κ2) is 15.4. The van der Waals surface area contributed by atoms with Gasteiger partial charge in [0.25, 0.3) is 5.91 Å². The van der Waals surface area contributed by atoms with Crippen molar-refractivity contribution in [2.75, 3.05) is 20.1 Å². The van der Waals surface area contributed by atoms with E-state index in [2.05, 4.69) is 28.5 Å². The molecule has 6 amide bonds. The van der Waals surface area contributed by atoms with E-state index in [0.717, 1.165) is 28.7 Å². The highest BCUT2D eigenvalue weighted by Gasteiger charge is 2.62. The Morgan fingerprint density at radius 3 is 2.41 bits per heavy atom. The summed E-state index contributed by atoms with van der Waals surface area (Å²) in [6, 6.07) is 1.70. The number of amides is 6. The molecule has 16 nitrogen and oxygen atoms in total. The fourth-order valence-corrected chi connectivity index (χ4v) is 8.72. The van der Waals surface area contributed by atoms with Crippen molar-refractivity contribution in [2.45, 2.75) is 99.5 Å². The van der Waals surface area contributed by atoms with Crippen molar-refractivity contribution < 1.29 is 51.0 Å². The van der Waals surface area contributed by atoms with Crippen LogP contribution in [0.4, 0.5) is 14.0 Å². The minimum atomic E-state index is -3.97. The number of fused-ring (bicyclic) bond motifs is 1. The van der Waals surface area contributed by atoms with Crippen molar-refractivity contribution >= 4 is 45.8 Å². The van der Waals surface area contributed by atoms with Crippen LogP contribution in [0.5, 0.6) is 0 Å². The molecule has 2 heterocycles. The van der Waals surface area contributed by atoms with Crippen LogP contribution in [0.2, 0.25) is 0 Å². The van der Waals surface area contributed by atoms with E-state index in [1.165, 1.54) is 30.2 Å². The van der Waals surface area contributed by atoms with E-state index in [-0.39, 0.29) is 45.1 Å². The molecule has 292 valence electrons. The number of ether oxygens (including phenoxy) is 2. The number of likely N-dealkylation sites (N-methyl/N-ethyl adjacent to an activating group) is 1. The Morgan fingerprint density at radius 2 is 1.78 bits per heavy atom. The fourth-order valence-electron chi connectivity index (χ4n) is 7.36. The molecule has 0 aromatic heterocycles. The number of rotatable bonds is 13. The lowest BCUT2D eigenvalue weighted by Gasteiger charge is -2.31. The van der Waals surface area contributed by atoms with Crippen LogP contribution >= 0.6 is 0 Å². The predicted molar refractivity (Wildman–Crippen MR) is 189 cm³/mol. The SMILES string of the molecule is C=CC(=O)N(C)C[C@H](NC(=O)OC1CCCC1)C(=O)N1CC(OC(=O)N2Cc3cccc(F)c3C2)C[C@H]1C(=O)N[C@]1(C(=O)NS(=O)(=O)C2CC2)C[C@H]1C=C. The Bertz CT molecular complexity index is 1850. The van der Waals surface area contributed by atoms with Crippen molar-refractivity contribution in [1.29, 1.82) is 0 Å². The first-order chi connectivity index (χ1) is 25.6. The van der Waals surface area contributed by atoms with Gasteiger partial charge in [-0.25, -0.2) is 22.4 Å². The second-order valence-corrected chi connectivity index (χ2v) is 16.6. The quantitative estimate of drug-likeness (QED) is 0.195. The highest BCUT2D eigenvalue weighted by molar-refractivity contribution is 7.91. The summed E-state index contributed by atoms with van der Waals surface area (Å²) in [5, 5.41) is 4.49. The van der Waals surface area contributed by atoms with Crippen LogP contribution in [0.3, 0.4) is 0 Å². The first kappa shape index (κ1) is 38.7. The largest absolute Gasteiger partial charge is 0.446 e. The minimum Gasteiger partial charge on any atom is -0.446 e. The summed E-state index contributed by atoms with van der Waals surface area (Å²) in [4.78, 5) is 84.4. The lowest BCUT2D eigenvalue weighted by Crippen LogP contribution is -2.59. The van der Waals surface area contributed by atoms with Gasteiger partial charge in [0.1, 0.15) is 35.6 Å². The normalized spacial score (nSPS) is 25.2. The Hall–Kier alpha value is -5.00. The van der Waals surface area contributed by atoms with Crippen molar-refractivity contribution in [3.05, 3.63) is 60.5 Å². The van der Waals surface area contributed by atoms with E-state index in [0.29, 0.717) is 36.8 Å².